The molecule has 0 aromatic heterocycles. The molecule has 0 heterocycles. The number of hydrogen-bond acceptors (Lipinski definition) is 2. The van der Waals surface area contributed by atoms with Crippen LogP contribution in [0.15, 0.2) is 46.1 Å². The molecule has 0 atom stereocenters. The van der Waals surface area contributed by atoms with Crippen LogP contribution in [0.3, 0.4) is 0 Å². The predicted octanol–water partition coefficient (Wildman–Crippen LogP) is 5.51. The normalized spacial score (nSPS) is 19.5. The van der Waals surface area contributed by atoms with E-state index in [0.29, 0.717) is 28.2 Å². The molecule has 0 bridgehead atoms. The number of carbonyl (C=O) groups is 2. The minimum absolute atomic E-state index is 0.0338. The first-order chi connectivity index (χ1) is 11.1. The Hall–Kier alpha value is -1.70. The Morgan fingerprint density at radius 1 is 1.12 bits per heavy atom. The van der Waals surface area contributed by atoms with Crippen molar-refractivity contribution in [3.05, 3.63) is 46.1 Å². The lowest BCUT2D eigenvalue weighted by molar-refractivity contribution is -0.117. The van der Waals surface area contributed by atoms with Crippen molar-refractivity contribution in [3.63, 3.8) is 0 Å². The van der Waals surface area contributed by atoms with Crippen LogP contribution in [0.5, 0.6) is 0 Å². The van der Waals surface area contributed by atoms with Crippen LogP contribution in [0.2, 0.25) is 0 Å². The van der Waals surface area contributed by atoms with E-state index in [0.717, 1.165) is 25.7 Å². The van der Waals surface area contributed by atoms with Gasteiger partial charge in [-0.05, 0) is 50.9 Å². The lowest BCUT2D eigenvalue weighted by Crippen LogP contribution is -2.32. The maximum absolute atomic E-state index is 13.0. The third-order valence-electron chi connectivity index (χ3n) is 4.95. The highest BCUT2D eigenvalue weighted by atomic mass is 16.1. The Balaban J connectivity index is 2.36. The zero-order valence-corrected chi connectivity index (χ0v) is 16.0. The van der Waals surface area contributed by atoms with Crippen molar-refractivity contribution in [2.45, 2.75) is 67.2 Å². The summed E-state index contributed by atoms with van der Waals surface area (Å²) in [7, 11) is 0. The SMILES string of the molecule is CC1=C(C(C)(C)C/C=C(\C)CC(C)C)C(=O)C2=CCCC=C2C1=O. The molecule has 0 radical (unpaired) electrons. The quantitative estimate of drug-likeness (QED) is 0.624. The van der Waals surface area contributed by atoms with E-state index in [1.807, 2.05) is 19.1 Å². The van der Waals surface area contributed by atoms with Crippen molar-refractivity contribution >= 4 is 11.6 Å². The first-order valence-electron chi connectivity index (χ1n) is 9.02. The third-order valence-corrected chi connectivity index (χ3v) is 4.95. The van der Waals surface area contributed by atoms with Crippen molar-refractivity contribution in [1.29, 1.82) is 0 Å². The average molecular weight is 326 g/mol. The molecule has 0 fully saturated rings. The van der Waals surface area contributed by atoms with E-state index in [1.165, 1.54) is 5.57 Å². The van der Waals surface area contributed by atoms with Crippen molar-refractivity contribution in [2.24, 2.45) is 11.3 Å². The molecule has 0 aliphatic heterocycles. The van der Waals surface area contributed by atoms with Crippen molar-refractivity contribution < 1.29 is 9.59 Å². The van der Waals surface area contributed by atoms with Crippen molar-refractivity contribution in [1.82, 2.24) is 0 Å². The van der Waals surface area contributed by atoms with Gasteiger partial charge in [-0.2, -0.15) is 0 Å². The number of rotatable bonds is 5. The zero-order valence-electron chi connectivity index (χ0n) is 16.0. The van der Waals surface area contributed by atoms with E-state index < -0.39 is 0 Å². The van der Waals surface area contributed by atoms with Gasteiger partial charge in [-0.3, -0.25) is 9.59 Å². The molecule has 2 rings (SSSR count). The van der Waals surface area contributed by atoms with E-state index in [4.69, 9.17) is 0 Å². The van der Waals surface area contributed by atoms with E-state index in [1.54, 1.807) is 0 Å². The van der Waals surface area contributed by atoms with E-state index >= 15 is 0 Å². The van der Waals surface area contributed by atoms with Crippen molar-refractivity contribution in [3.8, 4) is 0 Å². The molecule has 0 N–H and O–H groups in total. The lowest BCUT2D eigenvalue weighted by Gasteiger charge is -2.33. The molecule has 130 valence electrons. The highest BCUT2D eigenvalue weighted by molar-refractivity contribution is 6.29. The van der Waals surface area contributed by atoms with Gasteiger partial charge in [0.2, 0.25) is 0 Å². The van der Waals surface area contributed by atoms with Crippen LogP contribution < -0.4 is 0 Å². The van der Waals surface area contributed by atoms with Crippen LogP contribution in [0.1, 0.15) is 67.2 Å². The fourth-order valence-electron chi connectivity index (χ4n) is 3.80. The van der Waals surface area contributed by atoms with Crippen LogP contribution in [0.4, 0.5) is 0 Å². The van der Waals surface area contributed by atoms with Crippen molar-refractivity contribution in [2.75, 3.05) is 0 Å². The second-order valence-electron chi connectivity index (χ2n) is 8.21. The van der Waals surface area contributed by atoms with Gasteiger partial charge in [0.1, 0.15) is 0 Å². The molecule has 0 aromatic rings. The minimum Gasteiger partial charge on any atom is -0.289 e. The van der Waals surface area contributed by atoms with E-state index in [9.17, 15) is 9.59 Å². The number of ketones is 2. The lowest BCUT2D eigenvalue weighted by atomic mass is 9.69. The first-order valence-corrected chi connectivity index (χ1v) is 9.02. The fourth-order valence-corrected chi connectivity index (χ4v) is 3.80. The molecule has 24 heavy (non-hydrogen) atoms. The topological polar surface area (TPSA) is 34.1 Å². The average Bonchev–Trinajstić information content (AvgIpc) is 2.50. The summed E-state index contributed by atoms with van der Waals surface area (Å²) in [5.74, 6) is 0.716. The van der Waals surface area contributed by atoms with Gasteiger partial charge in [-0.15, -0.1) is 0 Å². The molecular weight excluding hydrogens is 296 g/mol. The monoisotopic (exact) mass is 326 g/mol. The molecule has 2 nitrogen and oxygen atoms in total. The van der Waals surface area contributed by atoms with E-state index in [2.05, 4.69) is 40.7 Å². The maximum atomic E-state index is 13.0. The predicted molar refractivity (Wildman–Crippen MR) is 99.7 cm³/mol. The Labute approximate surface area is 146 Å². The number of fused-ring (bicyclic) bond motifs is 1. The van der Waals surface area contributed by atoms with Gasteiger partial charge < -0.3 is 0 Å². The van der Waals surface area contributed by atoms with Crippen LogP contribution in [-0.4, -0.2) is 11.6 Å². The molecule has 2 heteroatoms. The summed E-state index contributed by atoms with van der Waals surface area (Å²) in [6.07, 6.45) is 9.65. The molecule has 0 aromatic carbocycles. The summed E-state index contributed by atoms with van der Waals surface area (Å²) in [5, 5.41) is 0. The summed E-state index contributed by atoms with van der Waals surface area (Å²) >= 11 is 0. The Bertz CT molecular complexity index is 679. The number of hydrogen-bond donors (Lipinski definition) is 0. The van der Waals surface area contributed by atoms with Gasteiger partial charge in [-0.25, -0.2) is 0 Å². The van der Waals surface area contributed by atoms with Gasteiger partial charge in [0.15, 0.2) is 11.6 Å². The van der Waals surface area contributed by atoms with Gasteiger partial charge in [0.05, 0.1) is 0 Å². The molecule has 0 saturated heterocycles. The highest BCUT2D eigenvalue weighted by Gasteiger charge is 2.39. The third kappa shape index (κ3) is 3.68. The number of Topliss-reactive ketones (excluding diaryl/α,β-unsaturated/α-hetero) is 2. The molecule has 2 aliphatic rings. The standard InChI is InChI=1S/C22H30O2/c1-14(2)13-15(3)11-12-22(5,6)19-16(4)20(23)17-9-7-8-10-18(17)21(19)24/h9-11,14H,7-8,12-13H2,1-6H3/b15-11+. The highest BCUT2D eigenvalue weighted by Crippen LogP contribution is 2.42. The maximum Gasteiger partial charge on any atom is 0.190 e. The van der Waals surface area contributed by atoms with Crippen LogP contribution in [-0.2, 0) is 9.59 Å². The first kappa shape index (κ1) is 18.6. The van der Waals surface area contributed by atoms with Gasteiger partial charge in [0.25, 0.3) is 0 Å². The fraction of sp³-hybridized carbons (Fsp3) is 0.545. The minimum atomic E-state index is -0.334. The largest absolute Gasteiger partial charge is 0.289 e. The number of allylic oxidation sites excluding steroid dienone is 8. The number of carbonyl (C=O) groups excluding carboxylic acids is 2. The Kier molecular flexibility index (Phi) is 5.47. The molecule has 0 unspecified atom stereocenters. The molecule has 0 saturated carbocycles. The summed E-state index contributed by atoms with van der Waals surface area (Å²) < 4.78 is 0. The van der Waals surface area contributed by atoms with E-state index in [-0.39, 0.29) is 17.0 Å². The Morgan fingerprint density at radius 2 is 1.67 bits per heavy atom. The smallest absolute Gasteiger partial charge is 0.190 e. The van der Waals surface area contributed by atoms with Crippen LogP contribution in [0, 0.1) is 11.3 Å². The second-order valence-corrected chi connectivity index (χ2v) is 8.21. The van der Waals surface area contributed by atoms with Gasteiger partial charge in [-0.1, -0.05) is 51.5 Å². The Morgan fingerprint density at radius 3 is 2.21 bits per heavy atom. The summed E-state index contributed by atoms with van der Waals surface area (Å²) in [6, 6.07) is 0. The molecular formula is C22H30O2. The van der Waals surface area contributed by atoms with Crippen LogP contribution >= 0.6 is 0 Å². The molecule has 0 spiro atoms. The second kappa shape index (κ2) is 7.04. The van der Waals surface area contributed by atoms with Gasteiger partial charge >= 0.3 is 0 Å². The zero-order chi connectivity index (χ0) is 18.1. The molecule has 2 aliphatic carbocycles. The summed E-state index contributed by atoms with van der Waals surface area (Å²) in [4.78, 5) is 25.8. The van der Waals surface area contributed by atoms with Gasteiger partial charge in [0, 0.05) is 22.3 Å². The summed E-state index contributed by atoms with van der Waals surface area (Å²) in [6.45, 7) is 12.5. The summed E-state index contributed by atoms with van der Waals surface area (Å²) in [5.41, 5.74) is 3.59. The van der Waals surface area contributed by atoms with Crippen LogP contribution in [0.25, 0.3) is 0 Å². The molecule has 0 amide bonds.